The molecule has 0 bridgehead atoms. The molecule has 0 radical (unpaired) electrons. The summed E-state index contributed by atoms with van der Waals surface area (Å²) in [5, 5.41) is 1.71. The number of thioether (sulfide) groups is 2. The zero-order valence-electron chi connectivity index (χ0n) is 21.9. The molecule has 1 saturated heterocycles. The lowest BCUT2D eigenvalue weighted by molar-refractivity contribution is -0.122. The summed E-state index contributed by atoms with van der Waals surface area (Å²) in [6.45, 7) is 5.67. The predicted octanol–water partition coefficient (Wildman–Crippen LogP) is 8.03. The van der Waals surface area contributed by atoms with Crippen molar-refractivity contribution in [1.82, 2.24) is 4.90 Å². The Morgan fingerprint density at radius 3 is 2.32 bits per heavy atom. The van der Waals surface area contributed by atoms with Crippen LogP contribution in [0.3, 0.4) is 0 Å². The van der Waals surface area contributed by atoms with Gasteiger partial charge in [0.2, 0.25) is 0 Å². The van der Waals surface area contributed by atoms with E-state index in [0.717, 1.165) is 67.6 Å². The third-order valence-corrected chi connectivity index (χ3v) is 8.78. The van der Waals surface area contributed by atoms with Gasteiger partial charge in [-0.2, -0.15) is 0 Å². The van der Waals surface area contributed by atoms with Gasteiger partial charge in [0.1, 0.15) is 15.7 Å². The van der Waals surface area contributed by atoms with Crippen LogP contribution in [0.2, 0.25) is 0 Å². The fraction of sp³-hybridized carbons (Fsp3) is 0.226. The highest BCUT2D eigenvalue weighted by molar-refractivity contribution is 8.19. The number of methoxy groups -OCH3 is 1. The number of amides is 1. The quantitative estimate of drug-likeness (QED) is 0.213. The fourth-order valence-electron chi connectivity index (χ4n) is 4.33. The number of hydrogen-bond donors (Lipinski definition) is 0. The molecule has 0 aliphatic carbocycles. The smallest absolute Gasteiger partial charge is 0.269 e. The first-order valence-electron chi connectivity index (χ1n) is 12.9. The average molecular weight is 542 g/mol. The molecular formula is C31H31N3O2S2. The SMILES string of the molecule is CCCCN1C(=O)C(=C2Sc3ccc(OC)cc3N2CC)SC1=Nc1ccc(C=Cc2ccccc2)cc1. The summed E-state index contributed by atoms with van der Waals surface area (Å²) in [4.78, 5) is 24.6. The number of hydrogen-bond acceptors (Lipinski definition) is 6. The number of fused-ring (bicyclic) bond motifs is 1. The van der Waals surface area contributed by atoms with Crippen molar-refractivity contribution in [2.24, 2.45) is 4.99 Å². The molecule has 0 spiro atoms. The second kappa shape index (κ2) is 12.0. The van der Waals surface area contributed by atoms with Gasteiger partial charge in [-0.25, -0.2) is 4.99 Å². The van der Waals surface area contributed by atoms with Crippen molar-refractivity contribution in [3.8, 4) is 5.75 Å². The Kier molecular flexibility index (Phi) is 8.25. The van der Waals surface area contributed by atoms with Crippen molar-refractivity contribution in [3.05, 3.63) is 93.9 Å². The first-order chi connectivity index (χ1) is 18.6. The molecule has 1 fully saturated rings. The molecular weight excluding hydrogens is 510 g/mol. The lowest BCUT2D eigenvalue weighted by Crippen LogP contribution is -2.30. The van der Waals surface area contributed by atoms with E-state index < -0.39 is 0 Å². The van der Waals surface area contributed by atoms with Crippen molar-refractivity contribution in [2.45, 2.75) is 31.6 Å². The topological polar surface area (TPSA) is 45.1 Å². The Balaban J connectivity index is 1.43. The number of aliphatic imine (C=N–C) groups is 1. The maximum atomic E-state index is 13.7. The molecule has 2 aliphatic heterocycles. The Bertz CT molecular complexity index is 1400. The lowest BCUT2D eigenvalue weighted by atomic mass is 10.1. The van der Waals surface area contributed by atoms with Crippen LogP contribution in [0.1, 0.15) is 37.8 Å². The zero-order valence-corrected chi connectivity index (χ0v) is 23.5. The van der Waals surface area contributed by atoms with Crippen molar-refractivity contribution in [3.63, 3.8) is 0 Å². The highest BCUT2D eigenvalue weighted by Gasteiger charge is 2.39. The molecule has 2 heterocycles. The summed E-state index contributed by atoms with van der Waals surface area (Å²) in [6, 6.07) is 24.5. The van der Waals surface area contributed by atoms with Gasteiger partial charge in [-0.3, -0.25) is 9.69 Å². The molecule has 0 N–H and O–H groups in total. The van der Waals surface area contributed by atoms with Crippen molar-refractivity contribution < 1.29 is 9.53 Å². The Labute approximate surface area is 233 Å². The summed E-state index contributed by atoms with van der Waals surface area (Å²) in [7, 11) is 1.68. The number of anilines is 1. The van der Waals surface area contributed by atoms with Crippen LogP contribution in [0.15, 0.2) is 92.6 Å². The van der Waals surface area contributed by atoms with Gasteiger partial charge in [-0.05, 0) is 60.5 Å². The van der Waals surface area contributed by atoms with E-state index >= 15 is 0 Å². The van der Waals surface area contributed by atoms with Crippen molar-refractivity contribution >= 4 is 58.1 Å². The van der Waals surface area contributed by atoms with Crippen LogP contribution < -0.4 is 9.64 Å². The van der Waals surface area contributed by atoms with Crippen LogP contribution in [0.5, 0.6) is 5.75 Å². The third kappa shape index (κ3) is 5.54. The summed E-state index contributed by atoms with van der Waals surface area (Å²) in [5.74, 6) is 0.846. The highest BCUT2D eigenvalue weighted by Crippen LogP contribution is 2.51. The van der Waals surface area contributed by atoms with E-state index in [1.54, 1.807) is 18.9 Å². The molecule has 38 heavy (non-hydrogen) atoms. The van der Waals surface area contributed by atoms with E-state index in [0.29, 0.717) is 6.54 Å². The Morgan fingerprint density at radius 1 is 0.895 bits per heavy atom. The number of rotatable bonds is 8. The number of unbranched alkanes of at least 4 members (excludes halogenated alkanes) is 1. The maximum absolute atomic E-state index is 13.7. The molecule has 5 rings (SSSR count). The zero-order chi connectivity index (χ0) is 26.5. The van der Waals surface area contributed by atoms with E-state index in [4.69, 9.17) is 9.73 Å². The average Bonchev–Trinajstić information content (AvgIpc) is 3.47. The van der Waals surface area contributed by atoms with Gasteiger partial charge in [0.05, 0.1) is 18.5 Å². The summed E-state index contributed by atoms with van der Waals surface area (Å²) in [6.07, 6.45) is 6.14. The van der Waals surface area contributed by atoms with Crippen LogP contribution in [0.4, 0.5) is 11.4 Å². The molecule has 0 unspecified atom stereocenters. The van der Waals surface area contributed by atoms with Gasteiger partial charge in [0.25, 0.3) is 5.91 Å². The normalized spacial score (nSPS) is 18.2. The van der Waals surface area contributed by atoms with Crippen LogP contribution in [-0.2, 0) is 4.79 Å². The highest BCUT2D eigenvalue weighted by atomic mass is 32.2. The maximum Gasteiger partial charge on any atom is 0.269 e. The summed E-state index contributed by atoms with van der Waals surface area (Å²) >= 11 is 3.13. The van der Waals surface area contributed by atoms with Crippen molar-refractivity contribution in [2.75, 3.05) is 25.1 Å². The number of ether oxygens (including phenoxy) is 1. The van der Waals surface area contributed by atoms with E-state index in [2.05, 4.69) is 61.2 Å². The van der Waals surface area contributed by atoms with Gasteiger partial charge in [0, 0.05) is 24.1 Å². The third-order valence-electron chi connectivity index (χ3n) is 6.40. The minimum Gasteiger partial charge on any atom is -0.497 e. The predicted molar refractivity (Wildman–Crippen MR) is 162 cm³/mol. The van der Waals surface area contributed by atoms with Crippen LogP contribution in [0, 0.1) is 0 Å². The molecule has 2 aliphatic rings. The van der Waals surface area contributed by atoms with Gasteiger partial charge >= 0.3 is 0 Å². The number of carbonyl (C=O) groups excluding carboxylic acids is 1. The minimum absolute atomic E-state index is 0.0327. The molecule has 3 aromatic rings. The second-order valence-corrected chi connectivity index (χ2v) is 11.0. The first kappa shape index (κ1) is 26.2. The molecule has 5 nitrogen and oxygen atoms in total. The molecule has 0 saturated carbocycles. The molecule has 0 atom stereocenters. The van der Waals surface area contributed by atoms with Crippen LogP contribution in [0.25, 0.3) is 12.2 Å². The van der Waals surface area contributed by atoms with E-state index in [9.17, 15) is 4.79 Å². The van der Waals surface area contributed by atoms with E-state index in [1.807, 2.05) is 47.4 Å². The van der Waals surface area contributed by atoms with Crippen LogP contribution >= 0.6 is 23.5 Å². The van der Waals surface area contributed by atoms with Crippen molar-refractivity contribution in [1.29, 1.82) is 0 Å². The molecule has 1 amide bonds. The molecule has 194 valence electrons. The number of benzene rings is 3. The van der Waals surface area contributed by atoms with Crippen LogP contribution in [-0.4, -0.2) is 36.2 Å². The molecule has 0 aromatic heterocycles. The summed E-state index contributed by atoms with van der Waals surface area (Å²) in [5.41, 5.74) is 4.19. The summed E-state index contributed by atoms with van der Waals surface area (Å²) < 4.78 is 5.45. The lowest BCUT2D eigenvalue weighted by Gasteiger charge is -2.19. The Hall–Kier alpha value is -3.42. The second-order valence-electron chi connectivity index (χ2n) is 8.96. The van der Waals surface area contributed by atoms with E-state index in [1.165, 1.54) is 11.8 Å². The largest absolute Gasteiger partial charge is 0.497 e. The molecule has 7 heteroatoms. The minimum atomic E-state index is 0.0327. The monoisotopic (exact) mass is 541 g/mol. The Morgan fingerprint density at radius 2 is 1.63 bits per heavy atom. The first-order valence-corrected chi connectivity index (χ1v) is 14.5. The number of nitrogens with zero attached hydrogens (tertiary/aromatic N) is 3. The van der Waals surface area contributed by atoms with Gasteiger partial charge in [-0.1, -0.05) is 79.7 Å². The van der Waals surface area contributed by atoms with Gasteiger partial charge in [-0.15, -0.1) is 0 Å². The fourth-order valence-corrected chi connectivity index (χ4v) is 6.73. The number of carbonyl (C=O) groups is 1. The molecule has 3 aromatic carbocycles. The van der Waals surface area contributed by atoms with Gasteiger partial charge in [0.15, 0.2) is 5.17 Å². The standard InChI is InChI=1S/C31H31N3O2S2/c1-4-6-20-34-29(35)28(30-33(5-2)26-21-25(36-3)18-19-27(26)37-30)38-31(34)32-24-16-14-23(15-17-24)13-12-22-10-8-7-9-11-22/h7-19,21H,4-6,20H2,1-3H3. The number of amidine groups is 1. The van der Waals surface area contributed by atoms with E-state index in [-0.39, 0.29) is 5.91 Å². The van der Waals surface area contributed by atoms with Gasteiger partial charge < -0.3 is 9.64 Å².